The Hall–Kier alpha value is -2.23. The van der Waals surface area contributed by atoms with E-state index in [2.05, 4.69) is 6.92 Å². The number of carbonyl (C=O) groups excluding carboxylic acids is 3. The molecule has 7 atom stereocenters. The summed E-state index contributed by atoms with van der Waals surface area (Å²) in [5.74, 6) is -2.14. The summed E-state index contributed by atoms with van der Waals surface area (Å²) in [7, 11) is 0. The lowest BCUT2D eigenvalue weighted by molar-refractivity contribution is -0.421. The minimum Gasteiger partial charge on any atom is -0.472 e. The highest BCUT2D eigenvalue weighted by Crippen LogP contribution is 2.81. The van der Waals surface area contributed by atoms with Gasteiger partial charge in [0.25, 0.3) is 0 Å². The molecular formula is C24H28O9. The van der Waals surface area contributed by atoms with E-state index in [1.165, 1.54) is 13.8 Å². The second-order valence-corrected chi connectivity index (χ2v) is 10.6. The van der Waals surface area contributed by atoms with Gasteiger partial charge in [-0.15, -0.1) is 0 Å². The summed E-state index contributed by atoms with van der Waals surface area (Å²) in [6, 6.07) is 1.82. The predicted molar refractivity (Wildman–Crippen MR) is 109 cm³/mol. The molecule has 3 aliphatic heterocycles. The lowest BCUT2D eigenvalue weighted by atomic mass is 9.40. The Morgan fingerprint density at radius 2 is 1.94 bits per heavy atom. The summed E-state index contributed by atoms with van der Waals surface area (Å²) in [4.78, 5) is 37.7. The smallest absolute Gasteiger partial charge is 0.302 e. The molecule has 5 fully saturated rings. The molecule has 0 amide bonds. The number of hydrogen-bond acceptors (Lipinski definition) is 9. The van der Waals surface area contributed by atoms with E-state index >= 15 is 0 Å². The van der Waals surface area contributed by atoms with Crippen LogP contribution < -0.4 is 0 Å². The molecule has 0 aromatic carbocycles. The molecule has 0 N–H and O–H groups in total. The average Bonchev–Trinajstić information content (AvgIpc) is 3.12. The normalized spacial score (nSPS) is 49.1. The lowest BCUT2D eigenvalue weighted by Gasteiger charge is -2.69. The van der Waals surface area contributed by atoms with Gasteiger partial charge in [-0.05, 0) is 19.4 Å². The number of ether oxygens (including phenoxy) is 5. The molecule has 2 saturated carbocycles. The van der Waals surface area contributed by atoms with Gasteiger partial charge in [-0.2, -0.15) is 0 Å². The monoisotopic (exact) mass is 460 g/mol. The molecule has 6 rings (SSSR count). The van der Waals surface area contributed by atoms with Gasteiger partial charge < -0.3 is 28.1 Å². The number of ketones is 1. The van der Waals surface area contributed by atoms with E-state index in [4.69, 9.17) is 28.1 Å². The zero-order chi connectivity index (χ0) is 23.5. The van der Waals surface area contributed by atoms with Crippen LogP contribution in [-0.4, -0.2) is 53.8 Å². The quantitative estimate of drug-likeness (QED) is 0.493. The van der Waals surface area contributed by atoms with Crippen LogP contribution in [0.25, 0.3) is 0 Å². The molecule has 2 aliphatic carbocycles. The first-order valence-electron chi connectivity index (χ1n) is 11.4. The number of hydrogen-bond donors (Lipinski definition) is 0. The number of fused-ring (bicyclic) bond motifs is 2. The van der Waals surface area contributed by atoms with Crippen LogP contribution in [0.5, 0.6) is 0 Å². The first-order chi connectivity index (χ1) is 15.5. The Labute approximate surface area is 191 Å². The van der Waals surface area contributed by atoms with Gasteiger partial charge in [0.05, 0.1) is 30.3 Å². The van der Waals surface area contributed by atoms with E-state index in [9.17, 15) is 14.4 Å². The third kappa shape index (κ3) is 2.17. The summed E-state index contributed by atoms with van der Waals surface area (Å²) >= 11 is 0. The minimum absolute atomic E-state index is 0.0747. The van der Waals surface area contributed by atoms with E-state index < -0.39 is 51.5 Å². The van der Waals surface area contributed by atoms with Crippen LogP contribution in [-0.2, 0) is 43.9 Å². The fourth-order valence-corrected chi connectivity index (χ4v) is 7.78. The van der Waals surface area contributed by atoms with Gasteiger partial charge in [-0.1, -0.05) is 6.92 Å². The van der Waals surface area contributed by atoms with Crippen molar-refractivity contribution in [1.29, 1.82) is 0 Å². The third-order valence-corrected chi connectivity index (χ3v) is 9.30. The standard InChI is InChI=1S/C24H28O9/c1-14(25)29-12-21-18(31-15(2)26)9-20(4)19(3)11-23(32-20,16-6-8-28-10-16)33-24(19,21)7-5-17(27)22(21)13-30-22/h6,8,10,18H,5,7,9,11-13H2,1-4H3/t18-,19-,20+,21-,22+,23-,24-/m0/s1. The zero-order valence-electron chi connectivity index (χ0n) is 19.2. The largest absolute Gasteiger partial charge is 0.472 e. The first kappa shape index (κ1) is 21.3. The van der Waals surface area contributed by atoms with Gasteiger partial charge in [0.15, 0.2) is 17.2 Å². The average molecular weight is 460 g/mol. The fraction of sp³-hybridized carbons (Fsp3) is 0.708. The molecule has 178 valence electrons. The van der Waals surface area contributed by atoms with Gasteiger partial charge in [-0.3, -0.25) is 14.4 Å². The predicted octanol–water partition coefficient (Wildman–Crippen LogP) is 2.40. The van der Waals surface area contributed by atoms with Crippen molar-refractivity contribution >= 4 is 17.7 Å². The summed E-state index contributed by atoms with van der Waals surface area (Å²) < 4.78 is 36.5. The Morgan fingerprint density at radius 1 is 1.18 bits per heavy atom. The molecule has 1 aromatic heterocycles. The SMILES string of the molecule is CC(=O)OC[C@@]12[C@@H](OC(C)=O)C[C@@]3(C)O[C@@]4(c5ccoc5)C[C@]3(C)[C@]1(CCC(=O)[C@]21CO1)O4. The van der Waals surface area contributed by atoms with Crippen LogP contribution in [0.2, 0.25) is 0 Å². The van der Waals surface area contributed by atoms with Crippen LogP contribution >= 0.6 is 0 Å². The van der Waals surface area contributed by atoms with Crippen molar-refractivity contribution in [2.24, 2.45) is 10.8 Å². The molecule has 2 bridgehead atoms. The van der Waals surface area contributed by atoms with Crippen molar-refractivity contribution in [1.82, 2.24) is 0 Å². The van der Waals surface area contributed by atoms with Crippen LogP contribution in [0.15, 0.2) is 23.0 Å². The van der Waals surface area contributed by atoms with Gasteiger partial charge in [-0.25, -0.2) is 0 Å². The number of epoxide rings is 1. The molecule has 9 heteroatoms. The molecule has 0 radical (unpaired) electrons. The first-order valence-corrected chi connectivity index (χ1v) is 11.4. The number of esters is 2. The van der Waals surface area contributed by atoms with Crippen molar-refractivity contribution in [3.63, 3.8) is 0 Å². The van der Waals surface area contributed by atoms with Crippen molar-refractivity contribution < 1.29 is 42.5 Å². The maximum absolute atomic E-state index is 13.4. The van der Waals surface area contributed by atoms with E-state index in [-0.39, 0.29) is 25.4 Å². The van der Waals surface area contributed by atoms with Crippen molar-refractivity contribution in [3.05, 3.63) is 24.2 Å². The highest BCUT2D eigenvalue weighted by atomic mass is 16.8. The van der Waals surface area contributed by atoms with Crippen LogP contribution in [0, 0.1) is 10.8 Å². The summed E-state index contributed by atoms with van der Waals surface area (Å²) in [6.45, 7) is 6.80. The third-order valence-electron chi connectivity index (χ3n) is 9.30. The van der Waals surface area contributed by atoms with Crippen LogP contribution in [0.4, 0.5) is 0 Å². The summed E-state index contributed by atoms with van der Waals surface area (Å²) in [5, 5.41) is 0. The second-order valence-electron chi connectivity index (χ2n) is 10.6. The molecule has 0 unspecified atom stereocenters. The van der Waals surface area contributed by atoms with Gasteiger partial charge in [0.2, 0.25) is 0 Å². The zero-order valence-corrected chi connectivity index (χ0v) is 19.2. The molecule has 3 saturated heterocycles. The maximum Gasteiger partial charge on any atom is 0.302 e. The number of carbonyl (C=O) groups is 3. The summed E-state index contributed by atoms with van der Waals surface area (Å²) in [6.07, 6.45) is 3.85. The number of furan rings is 1. The molecule has 9 nitrogen and oxygen atoms in total. The molecular weight excluding hydrogens is 432 g/mol. The molecule has 33 heavy (non-hydrogen) atoms. The highest BCUT2D eigenvalue weighted by molar-refractivity contribution is 5.93. The van der Waals surface area contributed by atoms with Gasteiger partial charge >= 0.3 is 11.9 Å². The molecule has 5 aliphatic rings. The van der Waals surface area contributed by atoms with E-state index in [0.29, 0.717) is 19.3 Å². The van der Waals surface area contributed by atoms with Crippen molar-refractivity contribution in [3.8, 4) is 0 Å². The van der Waals surface area contributed by atoms with E-state index in [1.54, 1.807) is 12.5 Å². The van der Waals surface area contributed by atoms with Gasteiger partial charge in [0, 0.05) is 44.1 Å². The van der Waals surface area contributed by atoms with E-state index in [0.717, 1.165) is 5.56 Å². The Kier molecular flexibility index (Phi) is 3.91. The highest BCUT2D eigenvalue weighted by Gasteiger charge is 2.93. The van der Waals surface area contributed by atoms with Crippen LogP contribution in [0.3, 0.4) is 0 Å². The molecule has 2 spiro atoms. The maximum atomic E-state index is 13.4. The Morgan fingerprint density at radius 3 is 2.55 bits per heavy atom. The second kappa shape index (κ2) is 6.06. The molecule has 4 heterocycles. The molecule has 1 aromatic rings. The van der Waals surface area contributed by atoms with Gasteiger partial charge in [0.1, 0.15) is 18.1 Å². The number of rotatable bonds is 4. The van der Waals surface area contributed by atoms with Crippen molar-refractivity contribution in [2.75, 3.05) is 13.2 Å². The van der Waals surface area contributed by atoms with Crippen molar-refractivity contribution in [2.45, 2.75) is 82.1 Å². The van der Waals surface area contributed by atoms with Crippen LogP contribution in [0.1, 0.15) is 58.9 Å². The minimum atomic E-state index is -1.24. The van der Waals surface area contributed by atoms with E-state index in [1.807, 2.05) is 13.0 Å². The Bertz CT molecular complexity index is 1060. The number of Topliss-reactive ketones (excluding diaryl/α,β-unsaturated/α-hetero) is 1. The topological polar surface area (TPSA) is 114 Å². The lowest BCUT2D eigenvalue weighted by Crippen LogP contribution is -2.82. The Balaban J connectivity index is 1.62. The summed E-state index contributed by atoms with van der Waals surface area (Å²) in [5.41, 5.74) is -4.04. The fourth-order valence-electron chi connectivity index (χ4n) is 7.78.